The lowest BCUT2D eigenvalue weighted by Crippen LogP contribution is -2.20. The summed E-state index contributed by atoms with van der Waals surface area (Å²) in [6.07, 6.45) is 2.46. The normalized spacial score (nSPS) is 15.6. The highest BCUT2D eigenvalue weighted by molar-refractivity contribution is 5.44. The number of nitrogen functional groups attached to an aromatic ring is 1. The van der Waals surface area contributed by atoms with Crippen LogP contribution in [-0.2, 0) is 12.0 Å². The Morgan fingerprint density at radius 3 is 2.40 bits per heavy atom. The summed E-state index contributed by atoms with van der Waals surface area (Å²) in [5.41, 5.74) is 8.78. The third-order valence-corrected chi connectivity index (χ3v) is 3.85. The van der Waals surface area contributed by atoms with E-state index >= 15 is 0 Å². The van der Waals surface area contributed by atoms with Gasteiger partial charge in [-0.3, -0.25) is 0 Å². The molecular formula is C17H23N3. The molecule has 106 valence electrons. The monoisotopic (exact) mass is 269 g/mol. The molecule has 3 nitrogen and oxygen atoms in total. The Kier molecular flexibility index (Phi) is 3.08. The van der Waals surface area contributed by atoms with Crippen LogP contribution in [0.5, 0.6) is 0 Å². The van der Waals surface area contributed by atoms with Gasteiger partial charge >= 0.3 is 0 Å². The zero-order chi connectivity index (χ0) is 14.3. The molecule has 1 saturated carbocycles. The molecule has 0 bridgehead atoms. The Labute approximate surface area is 120 Å². The number of nitrogens with zero attached hydrogens (tertiary/aromatic N) is 2. The van der Waals surface area contributed by atoms with Crippen molar-refractivity contribution in [2.24, 2.45) is 0 Å². The van der Waals surface area contributed by atoms with Crippen molar-refractivity contribution >= 4 is 5.82 Å². The molecule has 2 N–H and O–H groups in total. The molecule has 2 aromatic rings. The van der Waals surface area contributed by atoms with Gasteiger partial charge in [0.05, 0.1) is 12.2 Å². The van der Waals surface area contributed by atoms with E-state index in [4.69, 9.17) is 10.7 Å². The number of anilines is 1. The molecule has 0 saturated heterocycles. The second-order valence-corrected chi connectivity index (χ2v) is 6.80. The van der Waals surface area contributed by atoms with Crippen LogP contribution < -0.4 is 5.73 Å². The number of benzene rings is 1. The Morgan fingerprint density at radius 2 is 1.85 bits per heavy atom. The maximum Gasteiger partial charge on any atom is 0.127 e. The summed E-state index contributed by atoms with van der Waals surface area (Å²) >= 11 is 0. The molecule has 0 aliphatic heterocycles. The largest absolute Gasteiger partial charge is 0.384 e. The van der Waals surface area contributed by atoms with Crippen molar-refractivity contribution < 1.29 is 0 Å². The lowest BCUT2D eigenvalue weighted by molar-refractivity contribution is 0.513. The third-order valence-electron chi connectivity index (χ3n) is 3.85. The molecule has 1 fully saturated rings. The average Bonchev–Trinajstić information content (AvgIpc) is 3.17. The number of hydrogen-bond acceptors (Lipinski definition) is 2. The molecule has 0 amide bonds. The van der Waals surface area contributed by atoms with Crippen LogP contribution in [0.1, 0.15) is 56.6 Å². The highest BCUT2D eigenvalue weighted by Crippen LogP contribution is 2.43. The zero-order valence-corrected chi connectivity index (χ0v) is 12.6. The number of aromatic nitrogens is 2. The first-order chi connectivity index (χ1) is 9.47. The van der Waals surface area contributed by atoms with Gasteiger partial charge in [0.25, 0.3) is 0 Å². The van der Waals surface area contributed by atoms with Gasteiger partial charge < -0.3 is 10.3 Å². The Morgan fingerprint density at radius 1 is 1.20 bits per heavy atom. The van der Waals surface area contributed by atoms with Crippen LogP contribution >= 0.6 is 0 Å². The minimum Gasteiger partial charge on any atom is -0.384 e. The first-order valence-corrected chi connectivity index (χ1v) is 7.37. The lowest BCUT2D eigenvalue weighted by atomic mass is 9.95. The Hall–Kier alpha value is -1.77. The van der Waals surface area contributed by atoms with Crippen LogP contribution in [0.25, 0.3) is 0 Å². The number of rotatable bonds is 3. The fourth-order valence-corrected chi connectivity index (χ4v) is 2.64. The summed E-state index contributed by atoms with van der Waals surface area (Å²) in [6, 6.07) is 10.5. The van der Waals surface area contributed by atoms with E-state index in [1.165, 1.54) is 18.4 Å². The van der Waals surface area contributed by atoms with Crippen molar-refractivity contribution in [3.05, 3.63) is 47.4 Å². The highest BCUT2D eigenvalue weighted by Gasteiger charge is 2.33. The average molecular weight is 269 g/mol. The number of hydrogen-bond donors (Lipinski definition) is 1. The van der Waals surface area contributed by atoms with Crippen molar-refractivity contribution in [1.82, 2.24) is 9.55 Å². The molecule has 20 heavy (non-hydrogen) atoms. The summed E-state index contributed by atoms with van der Waals surface area (Å²) in [5, 5.41) is 0. The standard InChI is InChI=1S/C17H23N3/c1-17(2,3)16-19-14(13-9-10-13)15(18)20(16)11-12-7-5-4-6-8-12/h4-8,13H,9-11,18H2,1-3H3. The molecule has 0 radical (unpaired) electrons. The maximum atomic E-state index is 6.39. The highest BCUT2D eigenvalue weighted by atomic mass is 15.2. The van der Waals surface area contributed by atoms with Gasteiger partial charge in [0.15, 0.2) is 0 Å². The predicted molar refractivity (Wildman–Crippen MR) is 82.9 cm³/mol. The fraction of sp³-hybridized carbons (Fsp3) is 0.471. The molecule has 3 heteroatoms. The predicted octanol–water partition coefficient (Wildman–Crippen LogP) is 3.69. The molecule has 3 rings (SSSR count). The van der Waals surface area contributed by atoms with Crippen LogP contribution in [-0.4, -0.2) is 9.55 Å². The quantitative estimate of drug-likeness (QED) is 0.923. The van der Waals surface area contributed by atoms with E-state index < -0.39 is 0 Å². The molecule has 1 aromatic carbocycles. The topological polar surface area (TPSA) is 43.8 Å². The summed E-state index contributed by atoms with van der Waals surface area (Å²) in [5.74, 6) is 2.55. The van der Waals surface area contributed by atoms with Crippen molar-refractivity contribution in [3.8, 4) is 0 Å². The van der Waals surface area contributed by atoms with Crippen LogP contribution in [0.15, 0.2) is 30.3 Å². The third kappa shape index (κ3) is 2.45. The van der Waals surface area contributed by atoms with E-state index in [2.05, 4.69) is 49.6 Å². The SMILES string of the molecule is CC(C)(C)c1nc(C2CC2)c(N)n1Cc1ccccc1. The van der Waals surface area contributed by atoms with Gasteiger partial charge in [-0.1, -0.05) is 51.1 Å². The molecule has 0 spiro atoms. The van der Waals surface area contributed by atoms with E-state index in [1.54, 1.807) is 0 Å². The minimum absolute atomic E-state index is 0.00996. The molecule has 0 unspecified atom stereocenters. The van der Waals surface area contributed by atoms with E-state index in [0.717, 1.165) is 23.9 Å². The van der Waals surface area contributed by atoms with E-state index in [-0.39, 0.29) is 5.41 Å². The van der Waals surface area contributed by atoms with Crippen LogP contribution in [0, 0.1) is 0 Å². The molecule has 1 aliphatic carbocycles. The molecule has 1 aromatic heterocycles. The first-order valence-electron chi connectivity index (χ1n) is 7.37. The van der Waals surface area contributed by atoms with Crippen molar-refractivity contribution in [2.75, 3.05) is 5.73 Å². The van der Waals surface area contributed by atoms with E-state index in [1.807, 2.05) is 6.07 Å². The van der Waals surface area contributed by atoms with Crippen LogP contribution in [0.2, 0.25) is 0 Å². The molecule has 1 heterocycles. The van der Waals surface area contributed by atoms with Gasteiger partial charge in [0, 0.05) is 11.3 Å². The van der Waals surface area contributed by atoms with Crippen LogP contribution in [0.4, 0.5) is 5.82 Å². The van der Waals surface area contributed by atoms with E-state index in [0.29, 0.717) is 5.92 Å². The van der Waals surface area contributed by atoms with Crippen molar-refractivity contribution in [1.29, 1.82) is 0 Å². The van der Waals surface area contributed by atoms with Crippen molar-refractivity contribution in [2.45, 2.75) is 51.5 Å². The van der Waals surface area contributed by atoms with Gasteiger partial charge in [0.1, 0.15) is 11.6 Å². The minimum atomic E-state index is 0.00996. The second-order valence-electron chi connectivity index (χ2n) is 6.80. The summed E-state index contributed by atoms with van der Waals surface area (Å²) in [6.45, 7) is 7.41. The van der Waals surface area contributed by atoms with Gasteiger partial charge in [-0.05, 0) is 18.4 Å². The molecular weight excluding hydrogens is 246 g/mol. The molecule has 1 aliphatic rings. The van der Waals surface area contributed by atoms with Gasteiger partial charge in [-0.25, -0.2) is 4.98 Å². The van der Waals surface area contributed by atoms with Crippen molar-refractivity contribution in [3.63, 3.8) is 0 Å². The zero-order valence-electron chi connectivity index (χ0n) is 12.6. The van der Waals surface area contributed by atoms with Gasteiger partial charge in [-0.15, -0.1) is 0 Å². The summed E-state index contributed by atoms with van der Waals surface area (Å²) in [4.78, 5) is 4.88. The Balaban J connectivity index is 2.03. The smallest absolute Gasteiger partial charge is 0.127 e. The van der Waals surface area contributed by atoms with Crippen LogP contribution in [0.3, 0.4) is 0 Å². The Bertz CT molecular complexity index is 601. The summed E-state index contributed by atoms with van der Waals surface area (Å²) in [7, 11) is 0. The maximum absolute atomic E-state index is 6.39. The first kappa shape index (κ1) is 13.2. The lowest BCUT2D eigenvalue weighted by Gasteiger charge is -2.20. The van der Waals surface area contributed by atoms with Gasteiger partial charge in [-0.2, -0.15) is 0 Å². The molecule has 0 atom stereocenters. The van der Waals surface area contributed by atoms with E-state index in [9.17, 15) is 0 Å². The number of nitrogens with two attached hydrogens (primary N) is 1. The fourth-order valence-electron chi connectivity index (χ4n) is 2.64. The summed E-state index contributed by atoms with van der Waals surface area (Å²) < 4.78 is 2.20. The number of imidazole rings is 1. The van der Waals surface area contributed by atoms with Gasteiger partial charge in [0.2, 0.25) is 0 Å². The second kappa shape index (κ2) is 4.65.